The quantitative estimate of drug-likeness (QED) is 0.520. The highest BCUT2D eigenvalue weighted by atomic mass is 32.2. The van der Waals surface area contributed by atoms with Crippen LogP contribution in [0.25, 0.3) is 0 Å². The van der Waals surface area contributed by atoms with Crippen LogP contribution in [0.3, 0.4) is 0 Å². The smallest absolute Gasteiger partial charge is 0.233 e. The van der Waals surface area contributed by atoms with Gasteiger partial charge < -0.3 is 15.6 Å². The number of carbonyl (C=O) groups excluding carboxylic acids is 2. The first kappa shape index (κ1) is 23.2. The Morgan fingerprint density at radius 1 is 0.800 bits per heavy atom. The van der Waals surface area contributed by atoms with Gasteiger partial charge in [-0.25, -0.2) is 4.68 Å². The average Bonchev–Trinajstić information content (AvgIpc) is 3.02. The summed E-state index contributed by atoms with van der Waals surface area (Å²) in [4.78, 5) is 29.0. The zero-order valence-corrected chi connectivity index (χ0v) is 20.0. The fourth-order valence-corrected chi connectivity index (χ4v) is 6.21. The van der Waals surface area contributed by atoms with Crippen LogP contribution >= 0.6 is 23.5 Å². The molecule has 4 atom stereocenters. The molecule has 2 aliphatic rings. The molecule has 2 amide bonds. The highest BCUT2D eigenvalue weighted by Gasteiger charge is 2.27. The van der Waals surface area contributed by atoms with Crippen LogP contribution in [-0.2, 0) is 9.59 Å². The molecule has 0 aliphatic carbocycles. The first-order valence-corrected chi connectivity index (χ1v) is 12.7. The molecule has 2 saturated heterocycles. The summed E-state index contributed by atoms with van der Waals surface area (Å²) in [6.45, 7) is 12.0. The number of rotatable bonds is 6. The molecule has 0 bridgehead atoms. The van der Waals surface area contributed by atoms with E-state index >= 15 is 0 Å². The van der Waals surface area contributed by atoms with Crippen LogP contribution in [0.5, 0.6) is 0 Å². The van der Waals surface area contributed by atoms with Crippen molar-refractivity contribution < 1.29 is 9.59 Å². The van der Waals surface area contributed by atoms with Gasteiger partial charge in [-0.05, 0) is 36.5 Å². The second kappa shape index (κ2) is 10.3. The van der Waals surface area contributed by atoms with Gasteiger partial charge in [0.05, 0.1) is 11.5 Å². The zero-order valence-electron chi connectivity index (χ0n) is 18.4. The molecule has 0 aromatic carbocycles. The molecule has 30 heavy (non-hydrogen) atoms. The lowest BCUT2D eigenvalue weighted by atomic mass is 9.92. The minimum atomic E-state index is 0.110. The number of carbonyl (C=O) groups is 2. The van der Waals surface area contributed by atoms with Gasteiger partial charge in [0.15, 0.2) is 0 Å². The Balaban J connectivity index is 1.48. The van der Waals surface area contributed by atoms with E-state index in [-0.39, 0.29) is 11.8 Å². The van der Waals surface area contributed by atoms with Crippen molar-refractivity contribution in [2.75, 3.05) is 43.5 Å². The molecule has 1 aromatic heterocycles. The maximum Gasteiger partial charge on any atom is 0.233 e. The Hall–Kier alpha value is -1.42. The predicted molar refractivity (Wildman–Crippen MR) is 121 cm³/mol. The van der Waals surface area contributed by atoms with Crippen LogP contribution in [-0.4, -0.2) is 74.2 Å². The summed E-state index contributed by atoms with van der Waals surface area (Å²) in [6, 6.07) is 0. The van der Waals surface area contributed by atoms with Crippen LogP contribution in [0.1, 0.15) is 40.5 Å². The van der Waals surface area contributed by atoms with Gasteiger partial charge in [0.2, 0.25) is 22.1 Å². The molecule has 168 valence electrons. The Morgan fingerprint density at radius 3 is 1.47 bits per heavy atom. The maximum absolute atomic E-state index is 12.6. The normalized spacial score (nSPS) is 27.3. The molecule has 2 N–H and O–H groups in total. The van der Waals surface area contributed by atoms with E-state index in [9.17, 15) is 9.59 Å². The van der Waals surface area contributed by atoms with Crippen molar-refractivity contribution in [3.8, 4) is 0 Å². The van der Waals surface area contributed by atoms with Crippen molar-refractivity contribution in [2.24, 2.45) is 23.7 Å². The summed E-state index contributed by atoms with van der Waals surface area (Å²) in [5, 5.41) is 9.22. The first-order valence-electron chi connectivity index (χ1n) is 10.7. The lowest BCUT2D eigenvalue weighted by Crippen LogP contribution is -2.43. The molecule has 3 heterocycles. The molecule has 0 spiro atoms. The highest BCUT2D eigenvalue weighted by Crippen LogP contribution is 2.26. The third kappa shape index (κ3) is 6.06. The molecule has 0 radical (unpaired) electrons. The Bertz CT molecular complexity index is 678. The van der Waals surface area contributed by atoms with Gasteiger partial charge in [-0.3, -0.25) is 9.59 Å². The minimum absolute atomic E-state index is 0.110. The molecule has 2 aliphatic heterocycles. The fraction of sp³-hybridized carbons (Fsp3) is 0.800. The van der Waals surface area contributed by atoms with E-state index in [1.165, 1.54) is 41.0 Å². The van der Waals surface area contributed by atoms with Crippen molar-refractivity contribution in [1.29, 1.82) is 0 Å². The van der Waals surface area contributed by atoms with Gasteiger partial charge in [-0.15, -0.1) is 10.2 Å². The summed E-state index contributed by atoms with van der Waals surface area (Å²) < 4.78 is 1.39. The van der Waals surface area contributed by atoms with E-state index in [0.717, 1.165) is 26.2 Å². The summed E-state index contributed by atoms with van der Waals surface area (Å²) >= 11 is 2.60. The van der Waals surface area contributed by atoms with E-state index in [2.05, 4.69) is 37.9 Å². The summed E-state index contributed by atoms with van der Waals surface area (Å²) in [7, 11) is 0. The predicted octanol–water partition coefficient (Wildman–Crippen LogP) is 2.19. The molecule has 10 heteroatoms. The number of hydrogen-bond acceptors (Lipinski definition) is 7. The fourth-order valence-electron chi connectivity index (χ4n) is 4.63. The largest absolute Gasteiger partial charge is 0.341 e. The molecular formula is C20H34N6O2S2. The van der Waals surface area contributed by atoms with Crippen molar-refractivity contribution in [3.05, 3.63) is 0 Å². The number of thioether (sulfide) groups is 2. The Kier molecular flexibility index (Phi) is 7.95. The monoisotopic (exact) mass is 454 g/mol. The topological polar surface area (TPSA) is 97.4 Å². The Labute approximate surface area is 187 Å². The van der Waals surface area contributed by atoms with Crippen molar-refractivity contribution in [3.63, 3.8) is 0 Å². The van der Waals surface area contributed by atoms with Gasteiger partial charge in [0, 0.05) is 26.2 Å². The number of hydrogen-bond donors (Lipinski definition) is 1. The van der Waals surface area contributed by atoms with Crippen LogP contribution in [0.15, 0.2) is 10.3 Å². The molecule has 0 unspecified atom stereocenters. The van der Waals surface area contributed by atoms with Gasteiger partial charge in [-0.2, -0.15) is 0 Å². The molecular weight excluding hydrogens is 420 g/mol. The van der Waals surface area contributed by atoms with Crippen molar-refractivity contribution in [2.45, 2.75) is 50.8 Å². The standard InChI is InChI=1S/C20H34N6O2S2/c1-13-5-14(2)8-24(7-13)17(27)11-29-19-22-23-20(26(19)21)30-12-18(28)25-9-15(3)6-16(4)10-25/h13-16H,5-12,21H2,1-4H3/t13-,14-,15-,16+/m0/s1. The number of amides is 2. The third-order valence-electron chi connectivity index (χ3n) is 5.73. The number of nitrogen functional groups attached to an aromatic ring is 1. The number of nitrogens with zero attached hydrogens (tertiary/aromatic N) is 5. The number of aromatic nitrogens is 3. The van der Waals surface area contributed by atoms with E-state index in [0.29, 0.717) is 45.5 Å². The van der Waals surface area contributed by atoms with Crippen molar-refractivity contribution in [1.82, 2.24) is 24.7 Å². The summed E-state index contributed by atoms with van der Waals surface area (Å²) in [5.74, 6) is 9.07. The van der Waals surface area contributed by atoms with E-state index in [1.54, 1.807) is 0 Å². The van der Waals surface area contributed by atoms with Gasteiger partial charge in [-0.1, -0.05) is 51.2 Å². The third-order valence-corrected chi connectivity index (χ3v) is 7.58. The van der Waals surface area contributed by atoms with Gasteiger partial charge in [0.25, 0.3) is 0 Å². The lowest BCUT2D eigenvalue weighted by Gasteiger charge is -2.35. The van der Waals surface area contributed by atoms with Crippen LogP contribution < -0.4 is 5.84 Å². The average molecular weight is 455 g/mol. The van der Waals surface area contributed by atoms with Crippen molar-refractivity contribution >= 4 is 35.3 Å². The SMILES string of the molecule is C[C@@H]1C[C@H](C)CN(C(=O)CSc2nnc(SCC(=O)N3C[C@@H](C)C[C@H](C)C3)n2N)C1. The maximum atomic E-state index is 12.6. The number of likely N-dealkylation sites (tertiary alicyclic amines) is 2. The summed E-state index contributed by atoms with van der Waals surface area (Å²) in [6.07, 6.45) is 2.34. The van der Waals surface area contributed by atoms with Gasteiger partial charge in [0.1, 0.15) is 0 Å². The molecule has 2 fully saturated rings. The van der Waals surface area contributed by atoms with Crippen LogP contribution in [0, 0.1) is 23.7 Å². The minimum Gasteiger partial charge on any atom is -0.341 e. The van der Waals surface area contributed by atoms with E-state index in [1.807, 2.05) is 9.80 Å². The Morgan fingerprint density at radius 2 is 1.13 bits per heavy atom. The molecule has 8 nitrogen and oxygen atoms in total. The zero-order chi connectivity index (χ0) is 21.8. The second-order valence-electron chi connectivity index (χ2n) is 9.20. The summed E-state index contributed by atoms with van der Waals surface area (Å²) in [5.41, 5.74) is 0. The van der Waals surface area contributed by atoms with E-state index in [4.69, 9.17) is 5.84 Å². The van der Waals surface area contributed by atoms with E-state index < -0.39 is 0 Å². The van der Waals surface area contributed by atoms with Crippen LogP contribution in [0.2, 0.25) is 0 Å². The number of piperidine rings is 2. The molecule has 3 rings (SSSR count). The number of nitrogens with two attached hydrogens (primary N) is 1. The molecule has 1 aromatic rings. The second-order valence-corrected chi connectivity index (χ2v) is 11.1. The first-order chi connectivity index (χ1) is 14.2. The lowest BCUT2D eigenvalue weighted by molar-refractivity contribution is -0.131. The highest BCUT2D eigenvalue weighted by molar-refractivity contribution is 8.00. The molecule has 0 saturated carbocycles. The van der Waals surface area contributed by atoms with Gasteiger partial charge >= 0.3 is 0 Å². The van der Waals surface area contributed by atoms with Crippen LogP contribution in [0.4, 0.5) is 0 Å².